The molecule has 2 unspecified atom stereocenters. The Kier molecular flexibility index (Phi) is 4.83. The Hall–Kier alpha value is -1.00. The van der Waals surface area contributed by atoms with E-state index < -0.39 is 0 Å². The fourth-order valence-corrected chi connectivity index (χ4v) is 1.78. The van der Waals surface area contributed by atoms with Crippen molar-refractivity contribution in [3.05, 3.63) is 23.0 Å². The molecule has 0 fully saturated rings. The second-order valence-corrected chi connectivity index (χ2v) is 4.49. The summed E-state index contributed by atoms with van der Waals surface area (Å²) in [6.45, 7) is 8.36. The van der Waals surface area contributed by atoms with E-state index in [-0.39, 0.29) is 6.04 Å². The van der Waals surface area contributed by atoms with E-state index in [9.17, 15) is 0 Å². The average Bonchev–Trinajstić information content (AvgIpc) is 2.29. The summed E-state index contributed by atoms with van der Waals surface area (Å²) in [5, 5.41) is 8.17. The normalized spacial score (nSPS) is 14.8. The molecule has 0 aliphatic heterocycles. The Bertz CT molecular complexity index is 338. The van der Waals surface area contributed by atoms with Gasteiger partial charge in [-0.1, -0.05) is 20.3 Å². The largest absolute Gasteiger partial charge is 0.271 e. The lowest BCUT2D eigenvalue weighted by molar-refractivity contribution is 0.405. The average molecular weight is 222 g/mol. The number of hydrogen-bond acceptors (Lipinski definition) is 4. The number of hydrogen-bond donors (Lipinski definition) is 2. The van der Waals surface area contributed by atoms with Crippen LogP contribution >= 0.6 is 0 Å². The summed E-state index contributed by atoms with van der Waals surface area (Å²) in [5.41, 5.74) is 5.94. The third-order valence-electron chi connectivity index (χ3n) is 3.05. The van der Waals surface area contributed by atoms with Crippen LogP contribution in [0, 0.1) is 19.8 Å². The molecule has 4 nitrogen and oxygen atoms in total. The predicted molar refractivity (Wildman–Crippen MR) is 65.6 cm³/mol. The molecule has 90 valence electrons. The number of hydrazine groups is 1. The Labute approximate surface area is 97.6 Å². The molecular formula is C12H22N4. The van der Waals surface area contributed by atoms with E-state index >= 15 is 0 Å². The number of aromatic nitrogens is 2. The number of nitrogens with one attached hydrogen (secondary N) is 1. The molecule has 0 saturated carbocycles. The molecule has 0 radical (unpaired) electrons. The lowest BCUT2D eigenvalue weighted by atomic mass is 9.94. The number of nitrogens with two attached hydrogens (primary N) is 1. The molecule has 16 heavy (non-hydrogen) atoms. The van der Waals surface area contributed by atoms with Crippen LogP contribution in [0.25, 0.3) is 0 Å². The third kappa shape index (κ3) is 3.25. The van der Waals surface area contributed by atoms with Gasteiger partial charge in [0.05, 0.1) is 11.4 Å². The van der Waals surface area contributed by atoms with E-state index in [0.29, 0.717) is 5.92 Å². The molecule has 1 rings (SSSR count). The minimum Gasteiger partial charge on any atom is -0.271 e. The standard InChI is InChI=1S/C12H22N4/c1-5-8(2)6-12(14-13)11-7-9(3)15-16-10(11)4/h7-8,12,14H,5-6,13H2,1-4H3. The summed E-state index contributed by atoms with van der Waals surface area (Å²) in [6.07, 6.45) is 2.19. The summed E-state index contributed by atoms with van der Waals surface area (Å²) < 4.78 is 0. The minimum atomic E-state index is 0.171. The molecule has 0 aliphatic rings. The lowest BCUT2D eigenvalue weighted by Gasteiger charge is -2.21. The van der Waals surface area contributed by atoms with Gasteiger partial charge in [0.15, 0.2) is 0 Å². The molecule has 1 heterocycles. The molecule has 0 spiro atoms. The highest BCUT2D eigenvalue weighted by molar-refractivity contribution is 5.23. The number of aryl methyl sites for hydroxylation is 2. The molecule has 0 aliphatic carbocycles. The van der Waals surface area contributed by atoms with Crippen molar-refractivity contribution in [1.82, 2.24) is 15.6 Å². The van der Waals surface area contributed by atoms with Crippen LogP contribution in [0.4, 0.5) is 0 Å². The molecule has 0 bridgehead atoms. The maximum Gasteiger partial charge on any atom is 0.0648 e. The van der Waals surface area contributed by atoms with Crippen molar-refractivity contribution in [3.63, 3.8) is 0 Å². The molecule has 2 atom stereocenters. The van der Waals surface area contributed by atoms with Crippen LogP contribution in [-0.2, 0) is 0 Å². The molecular weight excluding hydrogens is 200 g/mol. The van der Waals surface area contributed by atoms with Gasteiger partial charge in [0, 0.05) is 6.04 Å². The molecule has 4 heteroatoms. The van der Waals surface area contributed by atoms with Crippen LogP contribution < -0.4 is 11.3 Å². The zero-order valence-corrected chi connectivity index (χ0v) is 10.6. The zero-order chi connectivity index (χ0) is 12.1. The van der Waals surface area contributed by atoms with E-state index in [2.05, 4.69) is 35.5 Å². The highest BCUT2D eigenvalue weighted by Crippen LogP contribution is 2.24. The Morgan fingerprint density at radius 2 is 2.06 bits per heavy atom. The Morgan fingerprint density at radius 3 is 2.62 bits per heavy atom. The van der Waals surface area contributed by atoms with Crippen molar-refractivity contribution in [1.29, 1.82) is 0 Å². The van der Waals surface area contributed by atoms with Crippen molar-refractivity contribution in [2.24, 2.45) is 11.8 Å². The lowest BCUT2D eigenvalue weighted by Crippen LogP contribution is -2.30. The van der Waals surface area contributed by atoms with Crippen LogP contribution in [0.3, 0.4) is 0 Å². The second kappa shape index (κ2) is 5.92. The first-order chi connectivity index (χ1) is 7.58. The molecule has 1 aromatic heterocycles. The zero-order valence-electron chi connectivity index (χ0n) is 10.6. The van der Waals surface area contributed by atoms with Crippen LogP contribution in [0.1, 0.15) is 49.7 Å². The highest BCUT2D eigenvalue weighted by atomic mass is 15.2. The smallest absolute Gasteiger partial charge is 0.0648 e. The van der Waals surface area contributed by atoms with Gasteiger partial charge in [-0.25, -0.2) is 0 Å². The van der Waals surface area contributed by atoms with E-state index in [1.54, 1.807) is 0 Å². The Balaban J connectivity index is 2.89. The van der Waals surface area contributed by atoms with Crippen LogP contribution in [0.5, 0.6) is 0 Å². The fraction of sp³-hybridized carbons (Fsp3) is 0.667. The van der Waals surface area contributed by atoms with Gasteiger partial charge in [-0.05, 0) is 37.8 Å². The maximum atomic E-state index is 5.63. The second-order valence-electron chi connectivity index (χ2n) is 4.49. The fourth-order valence-electron chi connectivity index (χ4n) is 1.78. The topological polar surface area (TPSA) is 63.8 Å². The van der Waals surface area contributed by atoms with Crippen molar-refractivity contribution in [3.8, 4) is 0 Å². The summed E-state index contributed by atoms with van der Waals surface area (Å²) in [6, 6.07) is 2.24. The van der Waals surface area contributed by atoms with Gasteiger partial charge in [-0.3, -0.25) is 11.3 Å². The van der Waals surface area contributed by atoms with Crippen molar-refractivity contribution < 1.29 is 0 Å². The summed E-state index contributed by atoms with van der Waals surface area (Å²) in [5.74, 6) is 6.28. The first-order valence-electron chi connectivity index (χ1n) is 5.85. The first kappa shape index (κ1) is 13.1. The van der Waals surface area contributed by atoms with Crippen molar-refractivity contribution in [2.75, 3.05) is 0 Å². The van der Waals surface area contributed by atoms with E-state index in [1.807, 2.05) is 13.8 Å². The van der Waals surface area contributed by atoms with Gasteiger partial charge >= 0.3 is 0 Å². The van der Waals surface area contributed by atoms with Crippen molar-refractivity contribution in [2.45, 2.75) is 46.6 Å². The SMILES string of the molecule is CCC(C)CC(NN)c1cc(C)nnc1C. The monoisotopic (exact) mass is 222 g/mol. The summed E-state index contributed by atoms with van der Waals surface area (Å²) in [7, 11) is 0. The van der Waals surface area contributed by atoms with E-state index in [0.717, 1.165) is 29.8 Å². The molecule has 0 aromatic carbocycles. The molecule has 3 N–H and O–H groups in total. The number of rotatable bonds is 5. The van der Waals surface area contributed by atoms with Gasteiger partial charge in [0.1, 0.15) is 0 Å². The highest BCUT2D eigenvalue weighted by Gasteiger charge is 2.16. The van der Waals surface area contributed by atoms with Gasteiger partial charge in [-0.15, -0.1) is 0 Å². The predicted octanol–water partition coefficient (Wildman–Crippen LogP) is 2.03. The van der Waals surface area contributed by atoms with Crippen LogP contribution in [0.2, 0.25) is 0 Å². The first-order valence-corrected chi connectivity index (χ1v) is 5.85. The van der Waals surface area contributed by atoms with Crippen molar-refractivity contribution >= 4 is 0 Å². The quantitative estimate of drug-likeness (QED) is 0.591. The van der Waals surface area contributed by atoms with Gasteiger partial charge < -0.3 is 0 Å². The minimum absolute atomic E-state index is 0.171. The Morgan fingerprint density at radius 1 is 1.38 bits per heavy atom. The van der Waals surface area contributed by atoms with E-state index in [4.69, 9.17) is 5.84 Å². The summed E-state index contributed by atoms with van der Waals surface area (Å²) >= 11 is 0. The van der Waals surface area contributed by atoms with Gasteiger partial charge in [-0.2, -0.15) is 10.2 Å². The van der Waals surface area contributed by atoms with E-state index in [1.165, 1.54) is 0 Å². The molecule has 0 saturated heterocycles. The summed E-state index contributed by atoms with van der Waals surface area (Å²) in [4.78, 5) is 0. The molecule has 1 aromatic rings. The number of nitrogens with zero attached hydrogens (tertiary/aromatic N) is 2. The molecule has 0 amide bonds. The van der Waals surface area contributed by atoms with Gasteiger partial charge in [0.25, 0.3) is 0 Å². The van der Waals surface area contributed by atoms with Crippen LogP contribution in [0.15, 0.2) is 6.07 Å². The van der Waals surface area contributed by atoms with Gasteiger partial charge in [0.2, 0.25) is 0 Å². The third-order valence-corrected chi connectivity index (χ3v) is 3.05. The van der Waals surface area contributed by atoms with Crippen LogP contribution in [-0.4, -0.2) is 10.2 Å². The maximum absolute atomic E-state index is 5.63.